The largest absolute Gasteiger partial charge is 0.481 e. The van der Waals surface area contributed by atoms with Crippen LogP contribution in [0.25, 0.3) is 0 Å². The Kier molecular flexibility index (Phi) is 9.97. The second kappa shape index (κ2) is 12.2. The number of aliphatic carboxylic acids is 2. The fraction of sp³-hybridized carbons (Fsp3) is 0.421. The summed E-state index contributed by atoms with van der Waals surface area (Å²) in [5.41, 5.74) is 0.690. The van der Waals surface area contributed by atoms with Crippen LogP contribution in [0.1, 0.15) is 18.9 Å². The van der Waals surface area contributed by atoms with E-state index >= 15 is 0 Å². The van der Waals surface area contributed by atoms with Crippen LogP contribution in [0.4, 0.5) is 0 Å². The molecular weight excluding hydrogens is 396 g/mol. The lowest BCUT2D eigenvalue weighted by Gasteiger charge is -2.23. The molecule has 0 aliphatic carbocycles. The second-order valence-corrected chi connectivity index (χ2v) is 6.57. The lowest BCUT2D eigenvalue weighted by molar-refractivity contribution is -0.147. The van der Waals surface area contributed by atoms with Crippen molar-refractivity contribution in [3.63, 3.8) is 0 Å². The van der Waals surface area contributed by atoms with Crippen molar-refractivity contribution in [2.75, 3.05) is 13.6 Å². The Morgan fingerprint density at radius 1 is 0.900 bits per heavy atom. The van der Waals surface area contributed by atoms with Crippen LogP contribution in [0.5, 0.6) is 0 Å². The molecule has 3 amide bonds. The van der Waals surface area contributed by atoms with Crippen molar-refractivity contribution in [3.8, 4) is 0 Å². The van der Waals surface area contributed by atoms with Gasteiger partial charge in [0.1, 0.15) is 18.1 Å². The van der Waals surface area contributed by atoms with Gasteiger partial charge in [-0.25, -0.2) is 4.79 Å². The quantitative estimate of drug-likeness (QED) is 0.235. The number of carboxylic acids is 2. The van der Waals surface area contributed by atoms with Gasteiger partial charge in [0.25, 0.3) is 0 Å². The molecule has 0 saturated carbocycles. The van der Waals surface area contributed by atoms with E-state index in [1.54, 1.807) is 37.4 Å². The van der Waals surface area contributed by atoms with Gasteiger partial charge in [-0.15, -0.1) is 0 Å². The van der Waals surface area contributed by atoms with Gasteiger partial charge in [-0.2, -0.15) is 0 Å². The summed E-state index contributed by atoms with van der Waals surface area (Å²) in [5, 5.41) is 27.7. The molecule has 0 fully saturated rings. The Morgan fingerprint density at radius 2 is 1.50 bits per heavy atom. The lowest BCUT2D eigenvalue weighted by Crippen LogP contribution is -2.56. The molecule has 3 atom stereocenters. The first-order valence-electron chi connectivity index (χ1n) is 9.17. The van der Waals surface area contributed by atoms with Crippen molar-refractivity contribution in [3.05, 3.63) is 35.9 Å². The van der Waals surface area contributed by atoms with Crippen LogP contribution in [-0.4, -0.2) is 71.6 Å². The van der Waals surface area contributed by atoms with Crippen molar-refractivity contribution < 1.29 is 34.2 Å². The van der Waals surface area contributed by atoms with Crippen LogP contribution in [0, 0.1) is 0 Å². The topological polar surface area (TPSA) is 174 Å². The molecule has 11 heteroatoms. The minimum atomic E-state index is -1.65. The molecule has 0 bridgehead atoms. The first kappa shape index (κ1) is 24.6. The maximum Gasteiger partial charge on any atom is 0.326 e. The maximum absolute atomic E-state index is 12.6. The highest BCUT2D eigenvalue weighted by Gasteiger charge is 2.29. The number of carbonyl (C=O) groups is 5. The molecule has 30 heavy (non-hydrogen) atoms. The minimum Gasteiger partial charge on any atom is -0.481 e. The van der Waals surface area contributed by atoms with Gasteiger partial charge in [0, 0.05) is 6.42 Å². The number of benzene rings is 1. The molecule has 1 rings (SSSR count). The van der Waals surface area contributed by atoms with Crippen molar-refractivity contribution in [2.24, 2.45) is 0 Å². The number of hydrogen-bond donors (Lipinski definition) is 6. The molecule has 164 valence electrons. The smallest absolute Gasteiger partial charge is 0.326 e. The van der Waals surface area contributed by atoms with Gasteiger partial charge < -0.3 is 31.5 Å². The van der Waals surface area contributed by atoms with Gasteiger partial charge in [-0.1, -0.05) is 30.3 Å². The van der Waals surface area contributed by atoms with Crippen molar-refractivity contribution >= 4 is 29.7 Å². The molecule has 11 nitrogen and oxygen atoms in total. The number of likely N-dealkylation sites (N-methyl/N-ethyl adjacent to an activating group) is 1. The predicted octanol–water partition coefficient (Wildman–Crippen LogP) is -1.52. The Labute approximate surface area is 173 Å². The molecule has 0 aliphatic heterocycles. The number of carboxylic acid groups (broad SMARTS) is 2. The van der Waals surface area contributed by atoms with E-state index in [1.165, 1.54) is 6.92 Å². The molecule has 0 saturated heterocycles. The van der Waals surface area contributed by atoms with E-state index in [9.17, 15) is 24.0 Å². The van der Waals surface area contributed by atoms with E-state index in [0.29, 0.717) is 5.56 Å². The van der Waals surface area contributed by atoms with Gasteiger partial charge in [-0.05, 0) is 19.5 Å². The summed E-state index contributed by atoms with van der Waals surface area (Å²) in [6.07, 6.45) is -0.779. The lowest BCUT2D eigenvalue weighted by atomic mass is 10.0. The van der Waals surface area contributed by atoms with Gasteiger partial charge in [0.2, 0.25) is 17.7 Å². The van der Waals surface area contributed by atoms with Crippen LogP contribution < -0.4 is 21.3 Å². The molecule has 1 aromatic carbocycles. The molecule has 6 N–H and O–H groups in total. The highest BCUT2D eigenvalue weighted by molar-refractivity contribution is 5.94. The third-order valence-corrected chi connectivity index (χ3v) is 4.02. The maximum atomic E-state index is 12.6. The molecule has 0 radical (unpaired) electrons. The predicted molar refractivity (Wildman–Crippen MR) is 105 cm³/mol. The zero-order valence-corrected chi connectivity index (χ0v) is 16.7. The van der Waals surface area contributed by atoms with Crippen LogP contribution in [0.3, 0.4) is 0 Å². The Morgan fingerprint density at radius 3 is 2.03 bits per heavy atom. The molecule has 1 aromatic rings. The molecular formula is C19H26N4O7. The standard InChI is InChI=1S/C19H26N4O7/c1-11(21-15(24)10-20-2)17(27)22-13(8-12-6-4-3-5-7-12)18(28)23-14(19(29)30)9-16(25)26/h3-7,11,13-14,20H,8-10H2,1-2H3,(H,21,24)(H,22,27)(H,23,28)(H,25,26)(H,29,30)/t11-,13?,14-/m0/s1. The van der Waals surface area contributed by atoms with E-state index in [2.05, 4.69) is 21.3 Å². The highest BCUT2D eigenvalue weighted by atomic mass is 16.4. The zero-order valence-electron chi connectivity index (χ0n) is 16.7. The van der Waals surface area contributed by atoms with Crippen molar-refractivity contribution in [1.82, 2.24) is 21.3 Å². The minimum absolute atomic E-state index is 0.00102. The molecule has 0 aromatic heterocycles. The summed E-state index contributed by atoms with van der Waals surface area (Å²) < 4.78 is 0. The highest BCUT2D eigenvalue weighted by Crippen LogP contribution is 2.05. The zero-order chi connectivity index (χ0) is 22.7. The van der Waals surface area contributed by atoms with Gasteiger partial charge in [0.05, 0.1) is 13.0 Å². The fourth-order valence-corrected chi connectivity index (χ4v) is 2.52. The third-order valence-electron chi connectivity index (χ3n) is 4.02. The van der Waals surface area contributed by atoms with E-state index in [1.807, 2.05) is 0 Å². The summed E-state index contributed by atoms with van der Waals surface area (Å²) in [4.78, 5) is 58.8. The van der Waals surface area contributed by atoms with E-state index in [0.717, 1.165) is 0 Å². The molecule has 0 spiro atoms. The van der Waals surface area contributed by atoms with Crippen LogP contribution in [0.15, 0.2) is 30.3 Å². The number of carbonyl (C=O) groups excluding carboxylic acids is 3. The van der Waals surface area contributed by atoms with Crippen molar-refractivity contribution in [2.45, 2.75) is 37.9 Å². The third kappa shape index (κ3) is 8.69. The van der Waals surface area contributed by atoms with Crippen molar-refractivity contribution in [1.29, 1.82) is 0 Å². The summed E-state index contributed by atoms with van der Waals surface area (Å²) in [6.45, 7) is 1.44. The van der Waals surface area contributed by atoms with Crippen LogP contribution in [-0.2, 0) is 30.4 Å². The summed E-state index contributed by atoms with van der Waals surface area (Å²) >= 11 is 0. The normalized spacial score (nSPS) is 13.4. The molecule has 1 unspecified atom stereocenters. The number of hydrogen-bond acceptors (Lipinski definition) is 6. The number of amides is 3. The summed E-state index contributed by atoms with van der Waals surface area (Å²) in [5.74, 6) is -4.83. The number of nitrogens with one attached hydrogen (secondary N) is 4. The monoisotopic (exact) mass is 422 g/mol. The Hall–Kier alpha value is -3.47. The van der Waals surface area contributed by atoms with E-state index < -0.39 is 54.2 Å². The van der Waals surface area contributed by atoms with Crippen LogP contribution in [0.2, 0.25) is 0 Å². The Bertz CT molecular complexity index is 769. The first-order valence-corrected chi connectivity index (χ1v) is 9.17. The first-order chi connectivity index (χ1) is 14.1. The van der Waals surface area contributed by atoms with Gasteiger partial charge in [0.15, 0.2) is 0 Å². The average molecular weight is 422 g/mol. The van der Waals surface area contributed by atoms with E-state index in [4.69, 9.17) is 10.2 Å². The average Bonchev–Trinajstić information content (AvgIpc) is 2.67. The summed E-state index contributed by atoms with van der Waals surface area (Å²) in [6, 6.07) is 4.88. The van der Waals surface area contributed by atoms with Crippen LogP contribution >= 0.6 is 0 Å². The number of rotatable bonds is 12. The fourth-order valence-electron chi connectivity index (χ4n) is 2.52. The Balaban J connectivity index is 2.94. The second-order valence-electron chi connectivity index (χ2n) is 6.57. The van der Waals surface area contributed by atoms with Gasteiger partial charge >= 0.3 is 11.9 Å². The molecule has 0 heterocycles. The van der Waals surface area contributed by atoms with Gasteiger partial charge in [-0.3, -0.25) is 19.2 Å². The van der Waals surface area contributed by atoms with E-state index in [-0.39, 0.29) is 13.0 Å². The SMILES string of the molecule is CNCC(=O)N[C@@H](C)C(=O)NC(Cc1ccccc1)C(=O)N[C@@H](CC(=O)O)C(=O)O. The molecule has 0 aliphatic rings. The summed E-state index contributed by atoms with van der Waals surface area (Å²) in [7, 11) is 1.57.